The summed E-state index contributed by atoms with van der Waals surface area (Å²) in [6.07, 6.45) is 8.51. The maximum absolute atomic E-state index is 12.1. The zero-order valence-corrected chi connectivity index (χ0v) is 17.3. The Morgan fingerprint density at radius 2 is 2.03 bits per heavy atom. The van der Waals surface area contributed by atoms with Crippen molar-refractivity contribution >= 4 is 17.4 Å². The van der Waals surface area contributed by atoms with Gasteiger partial charge in [0.1, 0.15) is 11.5 Å². The molecule has 2 heterocycles. The van der Waals surface area contributed by atoms with Gasteiger partial charge in [0.15, 0.2) is 0 Å². The van der Waals surface area contributed by atoms with E-state index in [4.69, 9.17) is 22.1 Å². The fourth-order valence-corrected chi connectivity index (χ4v) is 4.15. The summed E-state index contributed by atoms with van der Waals surface area (Å²) in [7, 11) is 0. The van der Waals surface area contributed by atoms with E-state index in [-0.39, 0.29) is 5.82 Å². The van der Waals surface area contributed by atoms with E-state index in [1.165, 1.54) is 18.9 Å². The van der Waals surface area contributed by atoms with E-state index in [0.717, 1.165) is 28.8 Å². The van der Waals surface area contributed by atoms with Gasteiger partial charge in [-0.3, -0.25) is 9.78 Å². The van der Waals surface area contributed by atoms with E-state index in [9.17, 15) is 9.59 Å². The fourth-order valence-electron chi connectivity index (χ4n) is 3.85. The van der Waals surface area contributed by atoms with Crippen molar-refractivity contribution in [2.24, 2.45) is 5.92 Å². The number of ether oxygens (including phenoxy) is 1. The maximum atomic E-state index is 12.1. The number of nitrogens with one attached hydrogen (secondary N) is 2. The zero-order valence-electron chi connectivity index (χ0n) is 16.5. The summed E-state index contributed by atoms with van der Waals surface area (Å²) in [6, 6.07) is 3.22. The number of hydrogen-bond donors (Lipinski definition) is 3. The van der Waals surface area contributed by atoms with Crippen LogP contribution in [0.1, 0.15) is 31.2 Å². The second-order valence-corrected chi connectivity index (χ2v) is 7.89. The summed E-state index contributed by atoms with van der Waals surface area (Å²) in [5.41, 5.74) is 7.21. The first-order valence-corrected chi connectivity index (χ1v) is 10.1. The highest BCUT2D eigenvalue weighted by molar-refractivity contribution is 6.32. The molecule has 156 valence electrons. The van der Waals surface area contributed by atoms with Crippen LogP contribution in [0.3, 0.4) is 0 Å². The molecule has 4 N–H and O–H groups in total. The Morgan fingerprint density at radius 3 is 2.73 bits per heavy atom. The molecular weight excluding hydrogens is 406 g/mol. The largest absolute Gasteiger partial charge is 0.454 e. The lowest BCUT2D eigenvalue weighted by Gasteiger charge is -2.23. The number of rotatable bonds is 4. The van der Waals surface area contributed by atoms with E-state index in [1.807, 2.05) is 13.0 Å². The van der Waals surface area contributed by atoms with Gasteiger partial charge in [0.2, 0.25) is 5.82 Å². The van der Waals surface area contributed by atoms with Crippen LogP contribution in [0.25, 0.3) is 5.69 Å². The van der Waals surface area contributed by atoms with Crippen molar-refractivity contribution in [2.45, 2.75) is 32.6 Å². The van der Waals surface area contributed by atoms with Crippen LogP contribution in [0.4, 0.5) is 5.82 Å². The van der Waals surface area contributed by atoms with Gasteiger partial charge in [-0.2, -0.15) is 4.68 Å². The Hall–Kier alpha value is -3.26. The van der Waals surface area contributed by atoms with Crippen LogP contribution < -0.4 is 27.0 Å². The minimum atomic E-state index is -0.734. The first-order valence-electron chi connectivity index (χ1n) is 9.68. The fraction of sp³-hybridized carbons (Fsp3) is 0.286. The van der Waals surface area contributed by atoms with Gasteiger partial charge in [0.25, 0.3) is 5.56 Å². The van der Waals surface area contributed by atoms with Gasteiger partial charge in [-0.25, -0.2) is 4.79 Å². The molecule has 2 aromatic rings. The first-order chi connectivity index (χ1) is 14.3. The molecule has 9 heteroatoms. The van der Waals surface area contributed by atoms with Crippen LogP contribution >= 0.6 is 11.6 Å². The average molecular weight is 428 g/mol. The van der Waals surface area contributed by atoms with Gasteiger partial charge in [-0.1, -0.05) is 31.0 Å². The molecule has 0 saturated heterocycles. The normalized spacial score (nSPS) is 16.8. The smallest absolute Gasteiger partial charge is 0.349 e. The lowest BCUT2D eigenvalue weighted by molar-refractivity contribution is 0.432. The summed E-state index contributed by atoms with van der Waals surface area (Å²) in [5, 5.41) is 7.30. The van der Waals surface area contributed by atoms with E-state index in [2.05, 4.69) is 22.0 Å². The molecule has 4 rings (SSSR count). The van der Waals surface area contributed by atoms with Crippen LogP contribution in [0.15, 0.2) is 57.6 Å². The van der Waals surface area contributed by atoms with Gasteiger partial charge in [0, 0.05) is 11.9 Å². The molecule has 0 atom stereocenters. The van der Waals surface area contributed by atoms with Gasteiger partial charge in [0.05, 0.1) is 10.7 Å². The molecule has 0 spiro atoms. The number of aromatic amines is 1. The highest BCUT2D eigenvalue weighted by atomic mass is 35.5. The molecule has 1 aliphatic heterocycles. The second kappa shape index (κ2) is 7.87. The molecule has 0 radical (unpaired) electrons. The molecule has 0 unspecified atom stereocenters. The number of aromatic nitrogens is 3. The van der Waals surface area contributed by atoms with Gasteiger partial charge in [-0.05, 0) is 55.0 Å². The molecule has 0 amide bonds. The van der Waals surface area contributed by atoms with E-state index >= 15 is 0 Å². The molecule has 30 heavy (non-hydrogen) atoms. The molecule has 1 aromatic heterocycles. The second-order valence-electron chi connectivity index (χ2n) is 7.48. The molecule has 0 bridgehead atoms. The van der Waals surface area contributed by atoms with Crippen molar-refractivity contribution < 1.29 is 4.74 Å². The van der Waals surface area contributed by atoms with Crippen molar-refractivity contribution in [3.05, 3.63) is 79.4 Å². The Morgan fingerprint density at radius 1 is 1.30 bits per heavy atom. The summed E-state index contributed by atoms with van der Waals surface area (Å²) in [4.78, 5) is 25.7. The van der Waals surface area contributed by atoms with Gasteiger partial charge >= 0.3 is 5.69 Å². The molecule has 1 saturated carbocycles. The molecule has 1 aliphatic carbocycles. The number of halogens is 1. The number of allylic oxidation sites excluding steroid dienone is 2. The third kappa shape index (κ3) is 3.78. The standard InChI is InChI=1S/C21H22ClN5O3/c1-11-7-14(27-21(29)25-20(28)19(23)26-27)8-17(22)18(11)30-15-9-16(12(2)24-10-15)13-5-3-4-6-13/h7-10,13,24H,2-6H2,1H3,(H2,23,26)(H,25,28,29). The number of H-pyrrole nitrogens is 1. The van der Waals surface area contributed by atoms with Crippen molar-refractivity contribution in [2.75, 3.05) is 5.73 Å². The predicted octanol–water partition coefficient (Wildman–Crippen LogP) is 2.92. The zero-order chi connectivity index (χ0) is 21.4. The van der Waals surface area contributed by atoms with Crippen molar-refractivity contribution in [1.29, 1.82) is 0 Å². The van der Waals surface area contributed by atoms with E-state index in [0.29, 0.717) is 33.7 Å². The highest BCUT2D eigenvalue weighted by Crippen LogP contribution is 2.37. The number of nitrogens with zero attached hydrogens (tertiary/aromatic N) is 2. The first kappa shape index (κ1) is 20.0. The third-order valence-electron chi connectivity index (χ3n) is 5.36. The van der Waals surface area contributed by atoms with Crippen LogP contribution in [0.5, 0.6) is 5.75 Å². The van der Waals surface area contributed by atoms with Gasteiger partial charge < -0.3 is 15.8 Å². The molecule has 2 aliphatic rings. The molecule has 8 nitrogen and oxygen atoms in total. The Bertz CT molecular complexity index is 1180. The number of benzene rings is 1. The predicted molar refractivity (Wildman–Crippen MR) is 116 cm³/mol. The Kier molecular flexibility index (Phi) is 5.26. The lowest BCUT2D eigenvalue weighted by atomic mass is 9.93. The molecular formula is C21H22ClN5O3. The maximum Gasteiger partial charge on any atom is 0.349 e. The van der Waals surface area contributed by atoms with Gasteiger partial charge in [-0.15, -0.1) is 5.10 Å². The number of nitrogen functional groups attached to an aromatic ring is 1. The summed E-state index contributed by atoms with van der Waals surface area (Å²) in [5.74, 6) is 1.27. The van der Waals surface area contributed by atoms with E-state index in [1.54, 1.807) is 12.3 Å². The van der Waals surface area contributed by atoms with E-state index < -0.39 is 11.2 Å². The molecule has 1 fully saturated rings. The minimum Gasteiger partial charge on any atom is -0.454 e. The summed E-state index contributed by atoms with van der Waals surface area (Å²) in [6.45, 7) is 5.91. The summed E-state index contributed by atoms with van der Waals surface area (Å²) < 4.78 is 7.07. The number of anilines is 1. The number of aryl methyl sites for hydroxylation is 1. The number of dihydropyridines is 1. The van der Waals surface area contributed by atoms with Crippen LogP contribution in [-0.2, 0) is 0 Å². The van der Waals surface area contributed by atoms with Crippen LogP contribution in [0.2, 0.25) is 5.02 Å². The number of hydrogen-bond acceptors (Lipinski definition) is 6. The quantitative estimate of drug-likeness (QED) is 0.691. The van der Waals surface area contributed by atoms with Crippen molar-refractivity contribution in [1.82, 2.24) is 20.1 Å². The van der Waals surface area contributed by atoms with Crippen LogP contribution in [-0.4, -0.2) is 14.8 Å². The monoisotopic (exact) mass is 427 g/mol. The highest BCUT2D eigenvalue weighted by Gasteiger charge is 2.24. The molecule has 1 aromatic carbocycles. The third-order valence-corrected chi connectivity index (χ3v) is 5.64. The van der Waals surface area contributed by atoms with Crippen molar-refractivity contribution in [3.8, 4) is 11.4 Å². The topological polar surface area (TPSA) is 115 Å². The minimum absolute atomic E-state index is 0.296. The summed E-state index contributed by atoms with van der Waals surface area (Å²) >= 11 is 6.46. The van der Waals surface area contributed by atoms with Crippen LogP contribution in [0, 0.1) is 12.8 Å². The average Bonchev–Trinajstić information content (AvgIpc) is 3.23. The Balaban J connectivity index is 1.65. The van der Waals surface area contributed by atoms with Crippen molar-refractivity contribution in [3.63, 3.8) is 0 Å². The SMILES string of the molecule is C=C1NC=C(Oc2c(C)cc(-n3nc(N)c(=O)[nH]c3=O)cc2Cl)C=C1C1CCCC1. The Labute approximate surface area is 177 Å². The number of nitrogens with two attached hydrogens (primary N) is 1. The lowest BCUT2D eigenvalue weighted by Crippen LogP contribution is -2.33.